The van der Waals surface area contributed by atoms with Crippen molar-refractivity contribution in [3.8, 4) is 0 Å². The average molecular weight is 272 g/mol. The van der Waals surface area contributed by atoms with E-state index < -0.39 is 0 Å². The van der Waals surface area contributed by atoms with Gasteiger partial charge in [0.15, 0.2) is 0 Å². The first-order chi connectivity index (χ1) is 9.31. The van der Waals surface area contributed by atoms with Gasteiger partial charge in [-0.1, -0.05) is 30.3 Å². The van der Waals surface area contributed by atoms with Gasteiger partial charge in [0.05, 0.1) is 17.9 Å². The Kier molecular flexibility index (Phi) is 3.31. The molecule has 0 radical (unpaired) electrons. The summed E-state index contributed by atoms with van der Waals surface area (Å²) in [5.41, 5.74) is 2.39. The third-order valence-electron chi connectivity index (χ3n) is 3.28. The molecule has 1 N–H and O–H groups in total. The maximum Gasteiger partial charge on any atom is 0.0799 e. The maximum atomic E-state index is 4.04. The van der Waals surface area contributed by atoms with Gasteiger partial charge in [-0.3, -0.25) is 4.68 Å². The minimum absolute atomic E-state index is 0.140. The fourth-order valence-electron chi connectivity index (χ4n) is 2.36. The van der Waals surface area contributed by atoms with Crippen LogP contribution in [-0.2, 0) is 7.05 Å². The maximum absolute atomic E-state index is 4.04. The minimum atomic E-state index is 0.140. The SMILES string of the molecule is CCNC(c1csc2ccccc12)c1cnnn1C. The van der Waals surface area contributed by atoms with Crippen LogP contribution in [0.5, 0.6) is 0 Å². The molecule has 0 saturated carbocycles. The zero-order valence-corrected chi connectivity index (χ0v) is 11.8. The molecule has 0 aliphatic carbocycles. The van der Waals surface area contributed by atoms with Crippen LogP contribution in [0.1, 0.15) is 24.2 Å². The molecule has 1 atom stereocenters. The van der Waals surface area contributed by atoms with Gasteiger partial charge in [0.25, 0.3) is 0 Å². The van der Waals surface area contributed by atoms with Gasteiger partial charge < -0.3 is 5.32 Å². The van der Waals surface area contributed by atoms with Gasteiger partial charge in [-0.05, 0) is 28.9 Å². The van der Waals surface area contributed by atoms with Gasteiger partial charge in [0.2, 0.25) is 0 Å². The molecule has 0 aliphatic heterocycles. The number of aromatic nitrogens is 3. The van der Waals surface area contributed by atoms with Gasteiger partial charge in [0, 0.05) is 11.7 Å². The van der Waals surface area contributed by atoms with Crippen LogP contribution in [0.25, 0.3) is 10.1 Å². The van der Waals surface area contributed by atoms with E-state index in [-0.39, 0.29) is 6.04 Å². The molecule has 0 amide bonds. The Labute approximate surface area is 116 Å². The van der Waals surface area contributed by atoms with E-state index in [1.165, 1.54) is 15.6 Å². The minimum Gasteiger partial charge on any atom is -0.305 e. The first kappa shape index (κ1) is 12.3. The summed E-state index contributed by atoms with van der Waals surface area (Å²) in [6.07, 6.45) is 1.83. The van der Waals surface area contributed by atoms with Crippen molar-refractivity contribution in [1.29, 1.82) is 0 Å². The number of hydrogen-bond acceptors (Lipinski definition) is 4. The normalized spacial score (nSPS) is 12.9. The molecule has 2 heterocycles. The predicted molar refractivity (Wildman–Crippen MR) is 78.3 cm³/mol. The Bertz CT molecular complexity index is 685. The molecular weight excluding hydrogens is 256 g/mol. The van der Waals surface area contributed by atoms with E-state index >= 15 is 0 Å². The van der Waals surface area contributed by atoms with Crippen molar-refractivity contribution in [2.75, 3.05) is 6.54 Å². The quantitative estimate of drug-likeness (QED) is 0.794. The molecule has 0 spiro atoms. The van der Waals surface area contributed by atoms with E-state index in [9.17, 15) is 0 Å². The smallest absolute Gasteiger partial charge is 0.0799 e. The monoisotopic (exact) mass is 272 g/mol. The molecule has 1 aromatic carbocycles. The Balaban J connectivity index is 2.12. The summed E-state index contributed by atoms with van der Waals surface area (Å²) in [5, 5.41) is 15.1. The summed E-state index contributed by atoms with van der Waals surface area (Å²) in [7, 11) is 1.93. The summed E-state index contributed by atoms with van der Waals surface area (Å²) >= 11 is 1.78. The van der Waals surface area contributed by atoms with E-state index in [2.05, 4.69) is 52.2 Å². The van der Waals surface area contributed by atoms with Crippen LogP contribution in [0, 0.1) is 0 Å². The molecule has 0 bridgehead atoms. The van der Waals surface area contributed by atoms with Crippen molar-refractivity contribution in [3.05, 3.63) is 47.1 Å². The van der Waals surface area contributed by atoms with Gasteiger partial charge in [-0.15, -0.1) is 16.4 Å². The number of rotatable bonds is 4. The van der Waals surface area contributed by atoms with Gasteiger partial charge in [-0.25, -0.2) is 0 Å². The van der Waals surface area contributed by atoms with Crippen LogP contribution in [0.2, 0.25) is 0 Å². The van der Waals surface area contributed by atoms with Gasteiger partial charge in [0.1, 0.15) is 0 Å². The lowest BCUT2D eigenvalue weighted by molar-refractivity contribution is 0.571. The molecule has 3 aromatic rings. The van der Waals surface area contributed by atoms with E-state index in [1.54, 1.807) is 11.3 Å². The van der Waals surface area contributed by atoms with Gasteiger partial charge in [-0.2, -0.15) is 0 Å². The standard InChI is InChI=1S/C14H16N4S/c1-3-15-14(12-8-16-17-18(12)2)11-9-19-13-7-5-4-6-10(11)13/h4-9,14-15H,3H2,1-2H3. The van der Waals surface area contributed by atoms with Crippen molar-refractivity contribution in [3.63, 3.8) is 0 Å². The third-order valence-corrected chi connectivity index (χ3v) is 4.26. The lowest BCUT2D eigenvalue weighted by Crippen LogP contribution is -2.24. The molecule has 98 valence electrons. The van der Waals surface area contributed by atoms with Crippen molar-refractivity contribution in [2.24, 2.45) is 7.05 Å². The number of nitrogens with one attached hydrogen (secondary N) is 1. The molecule has 0 saturated heterocycles. The third kappa shape index (κ3) is 2.15. The second-order valence-corrected chi connectivity index (χ2v) is 5.37. The Morgan fingerprint density at radius 3 is 2.95 bits per heavy atom. The number of nitrogens with zero attached hydrogens (tertiary/aromatic N) is 3. The average Bonchev–Trinajstić information content (AvgIpc) is 3.03. The summed E-state index contributed by atoms with van der Waals surface area (Å²) in [5.74, 6) is 0. The zero-order chi connectivity index (χ0) is 13.2. The topological polar surface area (TPSA) is 42.7 Å². The number of aryl methyl sites for hydroxylation is 1. The molecule has 2 aromatic heterocycles. The number of fused-ring (bicyclic) bond motifs is 1. The number of hydrogen-bond donors (Lipinski definition) is 1. The second-order valence-electron chi connectivity index (χ2n) is 4.46. The lowest BCUT2D eigenvalue weighted by Gasteiger charge is -2.17. The van der Waals surface area contributed by atoms with Crippen LogP contribution in [0.4, 0.5) is 0 Å². The van der Waals surface area contributed by atoms with E-state index in [1.807, 2.05) is 17.9 Å². The van der Waals surface area contributed by atoms with Crippen LogP contribution in [0.3, 0.4) is 0 Å². The largest absolute Gasteiger partial charge is 0.305 e. The van der Waals surface area contributed by atoms with Crippen LogP contribution >= 0.6 is 11.3 Å². The van der Waals surface area contributed by atoms with Crippen LogP contribution in [-0.4, -0.2) is 21.5 Å². The summed E-state index contributed by atoms with van der Waals surface area (Å²) in [6, 6.07) is 8.64. The van der Waals surface area contributed by atoms with Gasteiger partial charge >= 0.3 is 0 Å². The lowest BCUT2D eigenvalue weighted by atomic mass is 10.0. The Hall–Kier alpha value is -1.72. The van der Waals surface area contributed by atoms with E-state index in [0.717, 1.165) is 12.2 Å². The highest BCUT2D eigenvalue weighted by molar-refractivity contribution is 7.17. The van der Waals surface area contributed by atoms with E-state index in [0.29, 0.717) is 0 Å². The Morgan fingerprint density at radius 2 is 2.21 bits per heavy atom. The highest BCUT2D eigenvalue weighted by atomic mass is 32.1. The molecule has 0 aliphatic rings. The molecule has 4 nitrogen and oxygen atoms in total. The second kappa shape index (κ2) is 5.11. The fourth-order valence-corrected chi connectivity index (χ4v) is 3.35. The van der Waals surface area contributed by atoms with Crippen molar-refractivity contribution in [2.45, 2.75) is 13.0 Å². The van der Waals surface area contributed by atoms with Crippen LogP contribution in [0.15, 0.2) is 35.8 Å². The molecule has 3 rings (SSSR count). The van der Waals surface area contributed by atoms with Crippen molar-refractivity contribution < 1.29 is 0 Å². The summed E-state index contributed by atoms with van der Waals surface area (Å²) < 4.78 is 3.15. The molecule has 0 fully saturated rings. The Morgan fingerprint density at radius 1 is 1.37 bits per heavy atom. The highest BCUT2D eigenvalue weighted by Crippen LogP contribution is 2.32. The molecule has 5 heteroatoms. The first-order valence-corrected chi connectivity index (χ1v) is 7.23. The fraction of sp³-hybridized carbons (Fsp3) is 0.286. The first-order valence-electron chi connectivity index (χ1n) is 6.35. The van der Waals surface area contributed by atoms with Crippen molar-refractivity contribution >= 4 is 21.4 Å². The summed E-state index contributed by atoms with van der Waals surface area (Å²) in [4.78, 5) is 0. The number of thiophene rings is 1. The molecule has 1 unspecified atom stereocenters. The van der Waals surface area contributed by atoms with Crippen LogP contribution < -0.4 is 5.32 Å². The van der Waals surface area contributed by atoms with Crippen molar-refractivity contribution in [1.82, 2.24) is 20.3 Å². The highest BCUT2D eigenvalue weighted by Gasteiger charge is 2.20. The molecule has 19 heavy (non-hydrogen) atoms. The number of benzene rings is 1. The van der Waals surface area contributed by atoms with E-state index in [4.69, 9.17) is 0 Å². The summed E-state index contributed by atoms with van der Waals surface area (Å²) in [6.45, 7) is 3.02. The molecular formula is C14H16N4S. The zero-order valence-electron chi connectivity index (χ0n) is 11.0. The predicted octanol–water partition coefficient (Wildman–Crippen LogP) is 2.73.